The third kappa shape index (κ3) is 2.29. The molecule has 1 N–H and O–H groups in total. The first-order valence-corrected chi connectivity index (χ1v) is 6.29. The molecule has 0 aliphatic heterocycles. The highest BCUT2D eigenvalue weighted by molar-refractivity contribution is 6.31. The van der Waals surface area contributed by atoms with Crippen molar-refractivity contribution in [3.63, 3.8) is 0 Å². The minimum absolute atomic E-state index is 0.578. The molecule has 0 radical (unpaired) electrons. The number of aryl methyl sites for hydroxylation is 2. The lowest BCUT2D eigenvalue weighted by atomic mass is 10.3. The molecular formula is C13H13ClN4O. The van der Waals surface area contributed by atoms with Crippen molar-refractivity contribution in [3.05, 3.63) is 40.9 Å². The highest BCUT2D eigenvalue weighted by Crippen LogP contribution is 2.20. The minimum atomic E-state index is 0.578. The summed E-state index contributed by atoms with van der Waals surface area (Å²) < 4.78 is 7.03. The van der Waals surface area contributed by atoms with Gasteiger partial charge in [0.1, 0.15) is 11.6 Å². The van der Waals surface area contributed by atoms with Gasteiger partial charge in [0.15, 0.2) is 5.82 Å². The molecule has 0 unspecified atom stereocenters. The van der Waals surface area contributed by atoms with Crippen molar-refractivity contribution >= 4 is 28.5 Å². The number of benzene rings is 1. The summed E-state index contributed by atoms with van der Waals surface area (Å²) in [6.07, 6.45) is 0. The summed E-state index contributed by atoms with van der Waals surface area (Å²) >= 11 is 5.97. The highest BCUT2D eigenvalue weighted by atomic mass is 35.5. The second-order valence-electron chi connectivity index (χ2n) is 4.40. The maximum Gasteiger partial charge on any atom is 0.169 e. The normalized spacial score (nSPS) is 11.1. The van der Waals surface area contributed by atoms with Gasteiger partial charge in [-0.15, -0.1) is 0 Å². The molecule has 2 heterocycles. The molecule has 2 aromatic heterocycles. The van der Waals surface area contributed by atoms with Crippen LogP contribution in [0.15, 0.2) is 28.8 Å². The van der Waals surface area contributed by atoms with Crippen LogP contribution < -0.4 is 5.32 Å². The Hall–Kier alpha value is -2.01. The van der Waals surface area contributed by atoms with Crippen LogP contribution in [0, 0.1) is 6.92 Å². The molecule has 3 aromatic rings. The second-order valence-corrected chi connectivity index (χ2v) is 4.83. The molecule has 0 amide bonds. The van der Waals surface area contributed by atoms with Crippen LogP contribution in [0.5, 0.6) is 0 Å². The number of hydrogen-bond acceptors (Lipinski definition) is 4. The van der Waals surface area contributed by atoms with E-state index in [4.69, 9.17) is 16.1 Å². The van der Waals surface area contributed by atoms with Crippen LogP contribution in [0.1, 0.15) is 11.6 Å². The van der Waals surface area contributed by atoms with Gasteiger partial charge in [0.05, 0.1) is 17.6 Å². The molecule has 0 saturated carbocycles. The number of hydrogen-bond donors (Lipinski definition) is 1. The number of fused-ring (bicyclic) bond motifs is 1. The summed E-state index contributed by atoms with van der Waals surface area (Å²) in [5, 5.41) is 7.75. The van der Waals surface area contributed by atoms with Crippen LogP contribution in [0.4, 0.5) is 5.82 Å². The van der Waals surface area contributed by atoms with Crippen LogP contribution in [0.2, 0.25) is 5.02 Å². The monoisotopic (exact) mass is 276 g/mol. The summed E-state index contributed by atoms with van der Waals surface area (Å²) in [7, 11) is 1.98. The molecule has 5 nitrogen and oxygen atoms in total. The standard InChI is InChI=1S/C13H13ClN4O/c1-8-5-12(17-19-8)15-7-13-16-10-6-9(14)3-4-11(10)18(13)2/h3-6H,7H2,1-2H3,(H,15,17). The van der Waals surface area contributed by atoms with Crippen LogP contribution in [-0.2, 0) is 13.6 Å². The van der Waals surface area contributed by atoms with Crippen molar-refractivity contribution in [1.82, 2.24) is 14.7 Å². The van der Waals surface area contributed by atoms with Gasteiger partial charge in [0, 0.05) is 18.1 Å². The van der Waals surface area contributed by atoms with E-state index in [0.29, 0.717) is 17.4 Å². The first-order chi connectivity index (χ1) is 9.13. The zero-order chi connectivity index (χ0) is 13.4. The third-order valence-corrected chi connectivity index (χ3v) is 3.23. The Labute approximate surface area is 115 Å². The van der Waals surface area contributed by atoms with Gasteiger partial charge in [-0.3, -0.25) is 0 Å². The number of rotatable bonds is 3. The van der Waals surface area contributed by atoms with Crippen LogP contribution in [0.25, 0.3) is 11.0 Å². The van der Waals surface area contributed by atoms with Crippen molar-refractivity contribution < 1.29 is 4.52 Å². The predicted octanol–water partition coefficient (Wildman–Crippen LogP) is 3.14. The first-order valence-electron chi connectivity index (χ1n) is 5.91. The first kappa shape index (κ1) is 12.0. The van der Waals surface area contributed by atoms with Crippen LogP contribution in [-0.4, -0.2) is 14.7 Å². The lowest BCUT2D eigenvalue weighted by Gasteiger charge is -2.02. The summed E-state index contributed by atoms with van der Waals surface area (Å²) in [6.45, 7) is 2.43. The number of imidazole rings is 1. The Bertz CT molecular complexity index is 731. The fraction of sp³-hybridized carbons (Fsp3) is 0.231. The molecule has 19 heavy (non-hydrogen) atoms. The van der Waals surface area contributed by atoms with E-state index < -0.39 is 0 Å². The summed E-state index contributed by atoms with van der Waals surface area (Å²) in [4.78, 5) is 4.55. The molecule has 0 aliphatic carbocycles. The Balaban J connectivity index is 1.86. The highest BCUT2D eigenvalue weighted by Gasteiger charge is 2.08. The zero-order valence-electron chi connectivity index (χ0n) is 10.6. The van der Waals surface area contributed by atoms with E-state index >= 15 is 0 Å². The van der Waals surface area contributed by atoms with Crippen molar-refractivity contribution in [1.29, 1.82) is 0 Å². The number of nitrogens with zero attached hydrogens (tertiary/aromatic N) is 3. The molecule has 0 spiro atoms. The average molecular weight is 277 g/mol. The summed E-state index contributed by atoms with van der Waals surface area (Å²) in [6, 6.07) is 7.54. The van der Waals surface area contributed by atoms with E-state index in [1.165, 1.54) is 0 Å². The lowest BCUT2D eigenvalue weighted by Crippen LogP contribution is -2.05. The predicted molar refractivity (Wildman–Crippen MR) is 74.3 cm³/mol. The van der Waals surface area contributed by atoms with Gasteiger partial charge < -0.3 is 14.4 Å². The van der Waals surface area contributed by atoms with Gasteiger partial charge in [-0.25, -0.2) is 4.98 Å². The van der Waals surface area contributed by atoms with Gasteiger partial charge in [-0.05, 0) is 25.1 Å². The van der Waals surface area contributed by atoms with E-state index in [1.807, 2.05) is 42.8 Å². The molecule has 0 fully saturated rings. The molecule has 0 aliphatic rings. The van der Waals surface area contributed by atoms with E-state index in [1.54, 1.807) is 0 Å². The number of halogens is 1. The number of anilines is 1. The second kappa shape index (κ2) is 4.59. The van der Waals surface area contributed by atoms with E-state index in [-0.39, 0.29) is 0 Å². The zero-order valence-corrected chi connectivity index (χ0v) is 11.4. The Kier molecular flexibility index (Phi) is 2.91. The van der Waals surface area contributed by atoms with Crippen LogP contribution >= 0.6 is 11.6 Å². The summed E-state index contributed by atoms with van der Waals surface area (Å²) in [5.74, 6) is 2.40. The van der Waals surface area contributed by atoms with E-state index in [9.17, 15) is 0 Å². The van der Waals surface area contributed by atoms with Gasteiger partial charge in [-0.2, -0.15) is 0 Å². The van der Waals surface area contributed by atoms with Gasteiger partial charge in [0.25, 0.3) is 0 Å². The maximum atomic E-state index is 5.97. The fourth-order valence-corrected chi connectivity index (χ4v) is 2.17. The van der Waals surface area contributed by atoms with Crippen molar-refractivity contribution in [3.8, 4) is 0 Å². The molecule has 6 heteroatoms. The number of nitrogens with one attached hydrogen (secondary N) is 1. The molecule has 0 saturated heterocycles. The van der Waals surface area contributed by atoms with Gasteiger partial charge in [0.2, 0.25) is 0 Å². The molecule has 0 bridgehead atoms. The smallest absolute Gasteiger partial charge is 0.169 e. The lowest BCUT2D eigenvalue weighted by molar-refractivity contribution is 0.399. The van der Waals surface area contributed by atoms with E-state index in [0.717, 1.165) is 22.6 Å². The average Bonchev–Trinajstić information content (AvgIpc) is 2.91. The molecule has 0 atom stereocenters. The molecule has 1 aromatic carbocycles. The fourth-order valence-electron chi connectivity index (χ4n) is 2.00. The topological polar surface area (TPSA) is 55.9 Å². The largest absolute Gasteiger partial charge is 0.360 e. The van der Waals surface area contributed by atoms with Crippen LogP contribution in [0.3, 0.4) is 0 Å². The minimum Gasteiger partial charge on any atom is -0.360 e. The Morgan fingerprint density at radius 1 is 1.37 bits per heavy atom. The number of aromatic nitrogens is 3. The van der Waals surface area contributed by atoms with Gasteiger partial charge >= 0.3 is 0 Å². The Morgan fingerprint density at radius 2 is 2.21 bits per heavy atom. The quantitative estimate of drug-likeness (QED) is 0.798. The third-order valence-electron chi connectivity index (χ3n) is 2.99. The van der Waals surface area contributed by atoms with E-state index in [2.05, 4.69) is 15.5 Å². The van der Waals surface area contributed by atoms with Gasteiger partial charge in [-0.1, -0.05) is 16.8 Å². The molecule has 98 valence electrons. The SMILES string of the molecule is Cc1cc(NCc2nc3cc(Cl)ccc3n2C)no1. The Morgan fingerprint density at radius 3 is 2.95 bits per heavy atom. The summed E-state index contributed by atoms with van der Waals surface area (Å²) in [5.41, 5.74) is 1.95. The molecular weight excluding hydrogens is 264 g/mol. The van der Waals surface area contributed by atoms with Crippen molar-refractivity contribution in [2.24, 2.45) is 7.05 Å². The molecule has 3 rings (SSSR count). The van der Waals surface area contributed by atoms with Crippen molar-refractivity contribution in [2.75, 3.05) is 5.32 Å². The van der Waals surface area contributed by atoms with Crippen molar-refractivity contribution in [2.45, 2.75) is 13.5 Å². The maximum absolute atomic E-state index is 5.97.